The molecule has 0 bridgehead atoms. The Morgan fingerprint density at radius 3 is 3.09 bits per heavy atom. The number of rotatable bonds is 4. The maximum atomic E-state index is 12.5. The molecule has 2 aromatic heterocycles. The number of aromatic nitrogens is 3. The maximum Gasteiger partial charge on any atom is 0.228 e. The van der Waals surface area contributed by atoms with E-state index < -0.39 is 0 Å². The van der Waals surface area contributed by atoms with E-state index in [2.05, 4.69) is 15.0 Å². The van der Waals surface area contributed by atoms with Crippen LogP contribution in [-0.4, -0.2) is 52.1 Å². The first kappa shape index (κ1) is 16.0. The molecule has 0 N–H and O–H groups in total. The van der Waals surface area contributed by atoms with Crippen LogP contribution in [0.4, 0.5) is 0 Å². The quantitative estimate of drug-likeness (QED) is 0.849. The molecule has 0 radical (unpaired) electrons. The largest absolute Gasteiger partial charge is 0.379 e. The summed E-state index contributed by atoms with van der Waals surface area (Å²) in [6, 6.07) is 0. The third-order valence-electron chi connectivity index (χ3n) is 3.80. The van der Waals surface area contributed by atoms with Crippen molar-refractivity contribution in [2.75, 3.05) is 26.3 Å². The molecular formula is C16H20N4O2S. The molecule has 3 heterocycles. The molecule has 1 saturated heterocycles. The number of ether oxygens (including phenoxy) is 1. The van der Waals surface area contributed by atoms with E-state index in [1.54, 1.807) is 29.9 Å². The monoisotopic (exact) mass is 332 g/mol. The molecule has 7 heteroatoms. The Bertz CT molecular complexity index is 647. The van der Waals surface area contributed by atoms with Gasteiger partial charge in [0.2, 0.25) is 5.91 Å². The van der Waals surface area contributed by atoms with Crippen molar-refractivity contribution in [3.63, 3.8) is 0 Å². The second-order valence-electron chi connectivity index (χ2n) is 5.72. The van der Waals surface area contributed by atoms with Gasteiger partial charge in [0.1, 0.15) is 0 Å². The topological polar surface area (TPSA) is 68.2 Å². The number of nitrogens with zero attached hydrogens (tertiary/aromatic N) is 4. The van der Waals surface area contributed by atoms with E-state index >= 15 is 0 Å². The number of carbonyl (C=O) groups excluding carboxylic acids is 1. The zero-order chi connectivity index (χ0) is 16.1. The molecule has 0 unspecified atom stereocenters. The minimum Gasteiger partial charge on any atom is -0.379 e. The third-order valence-corrected chi connectivity index (χ3v) is 4.63. The lowest BCUT2D eigenvalue weighted by atomic mass is 10.0. The van der Waals surface area contributed by atoms with Crippen LogP contribution in [0.1, 0.15) is 16.4 Å². The number of hydrogen-bond donors (Lipinski definition) is 0. The third kappa shape index (κ3) is 4.56. The summed E-state index contributed by atoms with van der Waals surface area (Å²) in [7, 11) is 0. The fraction of sp³-hybridized carbons (Fsp3) is 0.500. The van der Waals surface area contributed by atoms with Gasteiger partial charge in [0.05, 0.1) is 36.0 Å². The van der Waals surface area contributed by atoms with Crippen molar-refractivity contribution in [1.82, 2.24) is 19.9 Å². The van der Waals surface area contributed by atoms with Crippen molar-refractivity contribution in [1.29, 1.82) is 0 Å². The molecule has 0 spiro atoms. The minimum atomic E-state index is 0.116. The van der Waals surface area contributed by atoms with E-state index in [0.717, 1.165) is 22.8 Å². The van der Waals surface area contributed by atoms with Crippen LogP contribution in [0.3, 0.4) is 0 Å². The van der Waals surface area contributed by atoms with Crippen molar-refractivity contribution >= 4 is 17.2 Å². The first-order valence-electron chi connectivity index (χ1n) is 7.72. The van der Waals surface area contributed by atoms with Gasteiger partial charge in [-0.15, -0.1) is 11.3 Å². The average molecular weight is 332 g/mol. The van der Waals surface area contributed by atoms with Crippen molar-refractivity contribution in [2.45, 2.75) is 19.8 Å². The summed E-state index contributed by atoms with van der Waals surface area (Å²) in [5.41, 5.74) is 1.79. The standard InChI is InChI=1S/C16H20N4O2S/c1-12-19-15(11-23-12)7-16(21)20-4-5-22-10-13(9-20)6-14-8-17-2-3-18-14/h2-3,8,11,13H,4-7,9-10H2,1H3/t13-/m1/s1. The lowest BCUT2D eigenvalue weighted by Crippen LogP contribution is -2.37. The van der Waals surface area contributed by atoms with Crippen LogP contribution in [-0.2, 0) is 22.4 Å². The molecule has 0 aromatic carbocycles. The zero-order valence-corrected chi connectivity index (χ0v) is 14.0. The van der Waals surface area contributed by atoms with Crippen LogP contribution in [0, 0.1) is 12.8 Å². The van der Waals surface area contributed by atoms with E-state index in [1.165, 1.54) is 0 Å². The van der Waals surface area contributed by atoms with Crippen LogP contribution >= 0.6 is 11.3 Å². The smallest absolute Gasteiger partial charge is 0.228 e. The molecule has 23 heavy (non-hydrogen) atoms. The molecule has 3 rings (SSSR count). The molecule has 2 aromatic rings. The summed E-state index contributed by atoms with van der Waals surface area (Å²) in [6.45, 7) is 4.52. The lowest BCUT2D eigenvalue weighted by molar-refractivity contribution is -0.130. The van der Waals surface area contributed by atoms with Gasteiger partial charge in [0, 0.05) is 43.0 Å². The van der Waals surface area contributed by atoms with Gasteiger partial charge in [0.25, 0.3) is 0 Å². The number of aryl methyl sites for hydroxylation is 1. The van der Waals surface area contributed by atoms with Gasteiger partial charge < -0.3 is 9.64 Å². The Morgan fingerprint density at radius 1 is 1.43 bits per heavy atom. The van der Waals surface area contributed by atoms with E-state index in [4.69, 9.17) is 4.74 Å². The molecule has 0 saturated carbocycles. The summed E-state index contributed by atoms with van der Waals surface area (Å²) in [6.07, 6.45) is 6.27. The van der Waals surface area contributed by atoms with Crippen LogP contribution < -0.4 is 0 Å². The molecule has 1 amide bonds. The first-order chi connectivity index (χ1) is 11.2. The van der Waals surface area contributed by atoms with E-state index in [9.17, 15) is 4.79 Å². The van der Waals surface area contributed by atoms with Gasteiger partial charge in [-0.2, -0.15) is 0 Å². The van der Waals surface area contributed by atoms with Crippen LogP contribution in [0.5, 0.6) is 0 Å². The zero-order valence-electron chi connectivity index (χ0n) is 13.1. The number of carbonyl (C=O) groups is 1. The van der Waals surface area contributed by atoms with Crippen molar-refractivity contribution in [3.05, 3.63) is 40.4 Å². The Balaban J connectivity index is 1.61. The Labute approximate surface area is 139 Å². The van der Waals surface area contributed by atoms with E-state index in [0.29, 0.717) is 32.7 Å². The summed E-state index contributed by atoms with van der Waals surface area (Å²) in [5.74, 6) is 0.361. The van der Waals surface area contributed by atoms with Gasteiger partial charge in [-0.1, -0.05) is 0 Å². The van der Waals surface area contributed by atoms with Gasteiger partial charge in [0.15, 0.2) is 0 Å². The number of amides is 1. The van der Waals surface area contributed by atoms with Crippen LogP contribution in [0.15, 0.2) is 24.0 Å². The van der Waals surface area contributed by atoms with E-state index in [1.807, 2.05) is 17.2 Å². The van der Waals surface area contributed by atoms with Gasteiger partial charge >= 0.3 is 0 Å². The Hall–Kier alpha value is -1.86. The maximum absolute atomic E-state index is 12.5. The second kappa shape index (κ2) is 7.61. The van der Waals surface area contributed by atoms with Gasteiger partial charge in [-0.05, 0) is 13.3 Å². The lowest BCUT2D eigenvalue weighted by Gasteiger charge is -2.23. The number of hydrogen-bond acceptors (Lipinski definition) is 6. The minimum absolute atomic E-state index is 0.116. The first-order valence-corrected chi connectivity index (χ1v) is 8.60. The molecular weight excluding hydrogens is 312 g/mol. The SMILES string of the molecule is Cc1nc(CC(=O)N2CCOC[C@H](Cc3cnccn3)C2)cs1. The van der Waals surface area contributed by atoms with Crippen molar-refractivity contribution in [2.24, 2.45) is 5.92 Å². The molecule has 122 valence electrons. The predicted molar refractivity (Wildman–Crippen MR) is 87.2 cm³/mol. The van der Waals surface area contributed by atoms with Crippen LogP contribution in [0.25, 0.3) is 0 Å². The van der Waals surface area contributed by atoms with Crippen molar-refractivity contribution in [3.8, 4) is 0 Å². The Morgan fingerprint density at radius 2 is 2.35 bits per heavy atom. The van der Waals surface area contributed by atoms with Crippen LogP contribution in [0.2, 0.25) is 0 Å². The average Bonchev–Trinajstić information content (AvgIpc) is 2.82. The number of thiazole rings is 1. The summed E-state index contributed by atoms with van der Waals surface area (Å²) >= 11 is 1.58. The van der Waals surface area contributed by atoms with E-state index in [-0.39, 0.29) is 11.8 Å². The molecule has 1 atom stereocenters. The van der Waals surface area contributed by atoms with Gasteiger partial charge in [-0.25, -0.2) is 4.98 Å². The molecule has 1 aliphatic rings. The summed E-state index contributed by atoms with van der Waals surface area (Å²) < 4.78 is 5.66. The highest BCUT2D eigenvalue weighted by atomic mass is 32.1. The molecule has 6 nitrogen and oxygen atoms in total. The van der Waals surface area contributed by atoms with Crippen molar-refractivity contribution < 1.29 is 9.53 Å². The van der Waals surface area contributed by atoms with Gasteiger partial charge in [-0.3, -0.25) is 14.8 Å². The summed E-state index contributed by atoms with van der Waals surface area (Å²) in [4.78, 5) is 27.2. The fourth-order valence-corrected chi connectivity index (χ4v) is 3.33. The highest BCUT2D eigenvalue weighted by Gasteiger charge is 2.23. The normalized spacial score (nSPS) is 18.7. The molecule has 0 aliphatic carbocycles. The molecule has 1 fully saturated rings. The fourth-order valence-electron chi connectivity index (χ4n) is 2.72. The second-order valence-corrected chi connectivity index (χ2v) is 6.78. The molecule has 1 aliphatic heterocycles. The highest BCUT2D eigenvalue weighted by molar-refractivity contribution is 7.09. The Kier molecular flexibility index (Phi) is 5.30. The predicted octanol–water partition coefficient (Wildman–Crippen LogP) is 1.50. The highest BCUT2D eigenvalue weighted by Crippen LogP contribution is 2.14. The summed E-state index contributed by atoms with van der Waals surface area (Å²) in [5, 5.41) is 2.95.